The predicted octanol–water partition coefficient (Wildman–Crippen LogP) is 4.71. The van der Waals surface area contributed by atoms with Crippen molar-refractivity contribution in [1.82, 2.24) is 9.97 Å². The molecule has 0 amide bonds. The number of halogens is 2. The predicted molar refractivity (Wildman–Crippen MR) is 91.9 cm³/mol. The number of hydrogen-bond acceptors (Lipinski definition) is 3. The van der Waals surface area contributed by atoms with Crippen molar-refractivity contribution < 1.29 is 4.79 Å². The fourth-order valence-corrected chi connectivity index (χ4v) is 2.67. The molecule has 22 heavy (non-hydrogen) atoms. The minimum absolute atomic E-state index is 0. The van der Waals surface area contributed by atoms with Crippen LogP contribution in [-0.4, -0.2) is 15.2 Å². The van der Waals surface area contributed by atoms with E-state index in [0.717, 1.165) is 33.3 Å². The van der Waals surface area contributed by atoms with E-state index in [0.29, 0.717) is 5.56 Å². The summed E-state index contributed by atoms with van der Waals surface area (Å²) in [4.78, 5) is 20.5. The van der Waals surface area contributed by atoms with Crippen LogP contribution in [0.3, 0.4) is 0 Å². The van der Waals surface area contributed by atoms with Crippen LogP contribution >= 0.6 is 24.0 Å². The van der Waals surface area contributed by atoms with Gasteiger partial charge in [0.2, 0.25) is 0 Å². The second-order valence-corrected chi connectivity index (χ2v) is 5.39. The summed E-state index contributed by atoms with van der Waals surface area (Å²) >= 11 is 5.77. The highest BCUT2D eigenvalue weighted by Gasteiger charge is 2.14. The lowest BCUT2D eigenvalue weighted by molar-refractivity contribution is 0.108. The Kier molecular flexibility index (Phi) is 4.79. The highest BCUT2D eigenvalue weighted by atomic mass is 35.5. The molecule has 0 bridgehead atoms. The van der Waals surface area contributed by atoms with E-state index in [9.17, 15) is 4.79 Å². The van der Waals surface area contributed by atoms with Crippen molar-refractivity contribution in [2.75, 3.05) is 0 Å². The molecule has 5 heteroatoms. The number of hydrogen-bond donors (Lipinski definition) is 0. The second kappa shape index (κ2) is 6.42. The number of carbonyl (C=O) groups excluding carboxylic acids is 1. The van der Waals surface area contributed by atoms with Gasteiger partial charge in [0.05, 0.1) is 11.2 Å². The van der Waals surface area contributed by atoms with Gasteiger partial charge in [0.15, 0.2) is 0 Å². The Morgan fingerprint density at radius 2 is 1.77 bits per heavy atom. The monoisotopic (exact) mass is 332 g/mol. The molecule has 1 aromatic carbocycles. The van der Waals surface area contributed by atoms with Gasteiger partial charge in [-0.15, -0.1) is 12.4 Å². The maximum Gasteiger partial charge on any atom is 0.253 e. The molecule has 2 aromatic heterocycles. The van der Waals surface area contributed by atoms with Crippen LogP contribution in [0.1, 0.15) is 21.5 Å². The Morgan fingerprint density at radius 3 is 2.41 bits per heavy atom. The van der Waals surface area contributed by atoms with Gasteiger partial charge in [-0.25, -0.2) is 4.98 Å². The molecule has 0 saturated carbocycles. The molecule has 0 saturated heterocycles. The van der Waals surface area contributed by atoms with Crippen LogP contribution in [0.15, 0.2) is 42.7 Å². The fraction of sp³-hybridized carbons (Fsp3) is 0.118. The number of pyridine rings is 2. The van der Waals surface area contributed by atoms with E-state index in [1.54, 1.807) is 18.5 Å². The molecule has 2 heterocycles. The molecule has 0 radical (unpaired) electrons. The second-order valence-electron chi connectivity index (χ2n) is 5.04. The molecular weight excluding hydrogens is 319 g/mol. The summed E-state index contributed by atoms with van der Waals surface area (Å²) in [5.41, 5.74) is 5.03. The Hall–Kier alpha value is -1.97. The summed E-state index contributed by atoms with van der Waals surface area (Å²) in [6, 6.07) is 9.46. The third-order valence-corrected chi connectivity index (χ3v) is 3.64. The van der Waals surface area contributed by atoms with Crippen LogP contribution in [0.5, 0.6) is 0 Å². The highest BCUT2D eigenvalue weighted by molar-refractivity contribution is 6.68. The van der Waals surface area contributed by atoms with Gasteiger partial charge in [0.25, 0.3) is 5.24 Å². The Bertz CT molecular complexity index is 848. The zero-order valence-corrected chi connectivity index (χ0v) is 13.7. The first-order valence-corrected chi connectivity index (χ1v) is 6.96. The SMILES string of the molecule is Cc1cc(C)c2nc(-c3ccncc3)cc(C(=O)Cl)c2c1.Cl. The van der Waals surface area contributed by atoms with Crippen LogP contribution in [0.4, 0.5) is 0 Å². The van der Waals surface area contributed by atoms with Gasteiger partial charge in [0.1, 0.15) is 0 Å². The van der Waals surface area contributed by atoms with Gasteiger partial charge in [-0.3, -0.25) is 9.78 Å². The largest absolute Gasteiger partial charge is 0.276 e. The van der Waals surface area contributed by atoms with Gasteiger partial charge < -0.3 is 0 Å². The highest BCUT2D eigenvalue weighted by Crippen LogP contribution is 2.28. The topological polar surface area (TPSA) is 42.9 Å². The lowest BCUT2D eigenvalue weighted by Crippen LogP contribution is -1.98. The molecule has 0 fully saturated rings. The van der Waals surface area contributed by atoms with Crippen LogP contribution in [0.2, 0.25) is 0 Å². The minimum Gasteiger partial charge on any atom is -0.276 e. The number of rotatable bonds is 2. The number of benzene rings is 1. The normalized spacial score (nSPS) is 10.3. The first-order chi connectivity index (χ1) is 10.1. The van der Waals surface area contributed by atoms with Crippen molar-refractivity contribution in [3.63, 3.8) is 0 Å². The van der Waals surface area contributed by atoms with Gasteiger partial charge in [-0.2, -0.15) is 0 Å². The van der Waals surface area contributed by atoms with Gasteiger partial charge in [-0.1, -0.05) is 11.6 Å². The van der Waals surface area contributed by atoms with Crippen molar-refractivity contribution in [3.8, 4) is 11.3 Å². The van der Waals surface area contributed by atoms with Crippen LogP contribution < -0.4 is 0 Å². The molecule has 0 aliphatic carbocycles. The van der Waals surface area contributed by atoms with E-state index >= 15 is 0 Å². The first-order valence-electron chi connectivity index (χ1n) is 6.58. The van der Waals surface area contributed by atoms with Crippen molar-refractivity contribution in [3.05, 3.63) is 59.4 Å². The maximum absolute atomic E-state index is 11.8. The van der Waals surface area contributed by atoms with Crippen molar-refractivity contribution in [1.29, 1.82) is 0 Å². The summed E-state index contributed by atoms with van der Waals surface area (Å²) in [5.74, 6) is 0. The smallest absolute Gasteiger partial charge is 0.253 e. The number of fused-ring (bicyclic) bond motifs is 1. The van der Waals surface area contributed by atoms with E-state index in [4.69, 9.17) is 16.6 Å². The van der Waals surface area contributed by atoms with E-state index in [-0.39, 0.29) is 12.4 Å². The molecule has 0 aliphatic rings. The molecule has 0 N–H and O–H groups in total. The fourth-order valence-electron chi connectivity index (χ4n) is 2.51. The quantitative estimate of drug-likeness (QED) is 0.638. The lowest BCUT2D eigenvalue weighted by Gasteiger charge is -2.10. The number of aryl methyl sites for hydroxylation is 2. The summed E-state index contributed by atoms with van der Waals surface area (Å²) in [5, 5.41) is 0.327. The Balaban J connectivity index is 0.00000176. The number of carbonyl (C=O) groups is 1. The zero-order valence-electron chi connectivity index (χ0n) is 12.1. The Labute approximate surface area is 139 Å². The van der Waals surface area contributed by atoms with E-state index in [1.807, 2.05) is 38.1 Å². The summed E-state index contributed by atoms with van der Waals surface area (Å²) < 4.78 is 0. The molecular formula is C17H14Cl2N2O. The van der Waals surface area contributed by atoms with Gasteiger partial charge >= 0.3 is 0 Å². The zero-order chi connectivity index (χ0) is 15.0. The number of nitrogens with zero attached hydrogens (tertiary/aromatic N) is 2. The average Bonchev–Trinajstić information content (AvgIpc) is 2.47. The van der Waals surface area contributed by atoms with Crippen LogP contribution in [0, 0.1) is 13.8 Å². The summed E-state index contributed by atoms with van der Waals surface area (Å²) in [6.07, 6.45) is 3.40. The van der Waals surface area contributed by atoms with Crippen LogP contribution in [-0.2, 0) is 0 Å². The van der Waals surface area contributed by atoms with Gasteiger partial charge in [-0.05, 0) is 55.3 Å². The molecule has 0 spiro atoms. The summed E-state index contributed by atoms with van der Waals surface area (Å²) in [7, 11) is 0. The third kappa shape index (κ3) is 2.96. The van der Waals surface area contributed by atoms with E-state index < -0.39 is 5.24 Å². The molecule has 0 unspecified atom stereocenters. The third-order valence-electron chi connectivity index (χ3n) is 3.44. The van der Waals surface area contributed by atoms with E-state index in [2.05, 4.69) is 4.98 Å². The van der Waals surface area contributed by atoms with Crippen LogP contribution in [0.25, 0.3) is 22.2 Å². The molecule has 112 valence electrons. The molecule has 3 nitrogen and oxygen atoms in total. The van der Waals surface area contributed by atoms with Crippen molar-refractivity contribution in [2.45, 2.75) is 13.8 Å². The summed E-state index contributed by atoms with van der Waals surface area (Å²) in [6.45, 7) is 3.98. The molecule has 3 rings (SSSR count). The van der Waals surface area contributed by atoms with Crippen molar-refractivity contribution >= 4 is 40.2 Å². The van der Waals surface area contributed by atoms with Crippen molar-refractivity contribution in [2.24, 2.45) is 0 Å². The van der Waals surface area contributed by atoms with Gasteiger partial charge in [0, 0.05) is 28.9 Å². The minimum atomic E-state index is -0.470. The number of aromatic nitrogens is 2. The average molecular weight is 333 g/mol. The Morgan fingerprint density at radius 1 is 1.09 bits per heavy atom. The van der Waals surface area contributed by atoms with E-state index in [1.165, 1.54) is 0 Å². The first kappa shape index (κ1) is 16.4. The molecule has 0 atom stereocenters. The molecule has 3 aromatic rings. The molecule has 0 aliphatic heterocycles. The maximum atomic E-state index is 11.8. The standard InChI is InChI=1S/C17H13ClN2O.ClH/c1-10-7-11(2)16-13(8-10)14(17(18)21)9-15(20-16)12-3-5-19-6-4-12;/h3-9H,1-2H3;1H. The lowest BCUT2D eigenvalue weighted by atomic mass is 10.0.